The van der Waals surface area contributed by atoms with Crippen LogP contribution < -0.4 is 29.6 Å². The number of rotatable bonds is 4. The summed E-state index contributed by atoms with van der Waals surface area (Å²) in [6, 6.07) is 0. The van der Waals surface area contributed by atoms with Crippen LogP contribution in [0.15, 0.2) is 0 Å². The number of hydrogen-bond donors (Lipinski definition) is 0. The molecule has 0 amide bonds. The van der Waals surface area contributed by atoms with Crippen molar-refractivity contribution in [1.82, 2.24) is 4.90 Å². The molecule has 0 fully saturated rings. The van der Waals surface area contributed by atoms with Gasteiger partial charge in [0.25, 0.3) is 0 Å². The molecule has 4 heteroatoms. The van der Waals surface area contributed by atoms with Gasteiger partial charge in [0.15, 0.2) is 0 Å². The van der Waals surface area contributed by atoms with E-state index in [-0.39, 0.29) is 29.6 Å². The van der Waals surface area contributed by atoms with Crippen LogP contribution in [0.3, 0.4) is 0 Å². The quantitative estimate of drug-likeness (QED) is 0.323. The summed E-state index contributed by atoms with van der Waals surface area (Å²) in [4.78, 5) is 2.07. The minimum absolute atomic E-state index is 0. The largest absolute Gasteiger partial charge is 1.00 e. The summed E-state index contributed by atoms with van der Waals surface area (Å²) in [5.41, 5.74) is 0. The average Bonchev–Trinajstić information content (AvgIpc) is 1.87. The van der Waals surface area contributed by atoms with Gasteiger partial charge in [-0.1, -0.05) is 18.2 Å². The number of hydrogen-bond acceptors (Lipinski definition) is 2. The van der Waals surface area contributed by atoms with E-state index in [1.54, 1.807) is 0 Å². The van der Waals surface area contributed by atoms with E-state index in [0.29, 0.717) is 4.32 Å². The summed E-state index contributed by atoms with van der Waals surface area (Å²) in [6.45, 7) is 6.29. The molecule has 11 heavy (non-hydrogen) atoms. The summed E-state index contributed by atoms with van der Waals surface area (Å²) in [6.07, 6.45) is 2.24. The minimum atomic E-state index is 0. The molecule has 0 aromatic carbocycles. The Morgan fingerprint density at radius 2 is 1.64 bits per heavy atom. The molecule has 0 spiro atoms. The molecule has 0 heterocycles. The van der Waals surface area contributed by atoms with Gasteiger partial charge in [0.2, 0.25) is 0 Å². The van der Waals surface area contributed by atoms with Crippen molar-refractivity contribution in [3.05, 3.63) is 0 Å². The molecule has 1 nitrogen and oxygen atoms in total. The predicted molar refractivity (Wildman–Crippen MR) is 52.1 cm³/mol. The second-order valence-corrected chi connectivity index (χ2v) is 3.28. The molecule has 0 rings (SSSR count). The van der Waals surface area contributed by atoms with Gasteiger partial charge in [0.05, 0.1) is 0 Å². The molecule has 0 saturated heterocycles. The van der Waals surface area contributed by atoms with Crippen molar-refractivity contribution < 1.29 is 29.6 Å². The van der Waals surface area contributed by atoms with E-state index in [2.05, 4.69) is 18.7 Å². The predicted octanol–water partition coefficient (Wildman–Crippen LogP) is -1.06. The zero-order valence-electron chi connectivity index (χ0n) is 7.59. The van der Waals surface area contributed by atoms with Crippen LogP contribution in [-0.2, 0) is 12.6 Å². The van der Waals surface area contributed by atoms with E-state index in [1.807, 2.05) is 0 Å². The van der Waals surface area contributed by atoms with E-state index in [0.717, 1.165) is 25.9 Å². The maximum Gasteiger partial charge on any atom is 1.00 e. The molecule has 0 aliphatic rings. The van der Waals surface area contributed by atoms with Crippen molar-refractivity contribution in [3.63, 3.8) is 0 Å². The van der Waals surface area contributed by atoms with E-state index in [1.165, 1.54) is 0 Å². The second kappa shape index (κ2) is 9.20. The molecule has 0 aromatic heterocycles. The summed E-state index contributed by atoms with van der Waals surface area (Å²) >= 11 is 9.78. The molecule has 0 atom stereocenters. The Bertz CT molecular complexity index is 103. The van der Waals surface area contributed by atoms with Crippen molar-refractivity contribution in [1.29, 1.82) is 0 Å². The number of thiocarbonyl (C=S) groups is 1. The van der Waals surface area contributed by atoms with Crippen molar-refractivity contribution in [3.8, 4) is 0 Å². The first-order valence-corrected chi connectivity index (χ1v) is 4.50. The normalized spacial score (nSPS) is 8.55. The van der Waals surface area contributed by atoms with Gasteiger partial charge in [-0.25, -0.2) is 0 Å². The molecular formula is C7H14NNaS2. The summed E-state index contributed by atoms with van der Waals surface area (Å²) in [5, 5.41) is 0. The van der Waals surface area contributed by atoms with Gasteiger partial charge >= 0.3 is 29.6 Å². The third kappa shape index (κ3) is 7.47. The second-order valence-electron chi connectivity index (χ2n) is 2.25. The zero-order valence-corrected chi connectivity index (χ0v) is 11.2. The van der Waals surface area contributed by atoms with Crippen molar-refractivity contribution >= 4 is 29.2 Å². The first-order chi connectivity index (χ1) is 4.72. The van der Waals surface area contributed by atoms with Crippen molar-refractivity contribution in [2.24, 2.45) is 0 Å². The summed E-state index contributed by atoms with van der Waals surface area (Å²) in [5.74, 6) is 0. The van der Waals surface area contributed by atoms with E-state index in [9.17, 15) is 0 Å². The third-order valence-corrected chi connectivity index (χ3v) is 1.76. The van der Waals surface area contributed by atoms with E-state index >= 15 is 0 Å². The number of nitrogens with zero attached hydrogens (tertiary/aromatic N) is 1. The fraction of sp³-hybridized carbons (Fsp3) is 0.857. The Hall–Kier alpha value is 1.11. The standard InChI is InChI=1S/C7H15NS2.Na/c1-3-5-8(6-4-2)7(9)10;/h3-6H2,1-2H3,(H,9,10);/q;+1/p-1. The maximum atomic E-state index is 4.89. The smallest absolute Gasteiger partial charge is 0.411 e. The van der Waals surface area contributed by atoms with Crippen LogP contribution in [0, 0.1) is 0 Å². The van der Waals surface area contributed by atoms with Gasteiger partial charge in [-0.05, 0) is 12.8 Å². The first kappa shape index (κ1) is 14.6. The average molecular weight is 199 g/mol. The van der Waals surface area contributed by atoms with E-state index in [4.69, 9.17) is 24.8 Å². The van der Waals surface area contributed by atoms with Crippen LogP contribution in [0.2, 0.25) is 0 Å². The van der Waals surface area contributed by atoms with Gasteiger partial charge in [-0.3, -0.25) is 0 Å². The van der Waals surface area contributed by atoms with Crippen LogP contribution in [-0.4, -0.2) is 22.3 Å². The van der Waals surface area contributed by atoms with Gasteiger partial charge in [-0.2, -0.15) is 0 Å². The SMILES string of the molecule is CCCN(CCC)C(=S)[S-].[Na+]. The molecular weight excluding hydrogens is 185 g/mol. The fourth-order valence-electron chi connectivity index (χ4n) is 0.834. The van der Waals surface area contributed by atoms with Crippen LogP contribution in [0.25, 0.3) is 0 Å². The molecule has 0 radical (unpaired) electrons. The molecule has 0 aliphatic heterocycles. The molecule has 0 N–H and O–H groups in total. The monoisotopic (exact) mass is 199 g/mol. The third-order valence-electron chi connectivity index (χ3n) is 1.25. The van der Waals surface area contributed by atoms with Crippen molar-refractivity contribution in [2.45, 2.75) is 26.7 Å². The first-order valence-electron chi connectivity index (χ1n) is 3.68. The molecule has 60 valence electrons. The van der Waals surface area contributed by atoms with E-state index < -0.39 is 0 Å². The summed E-state index contributed by atoms with van der Waals surface area (Å²) in [7, 11) is 0. The Balaban J connectivity index is 0. The molecule has 0 aromatic rings. The molecule has 0 aliphatic carbocycles. The van der Waals surface area contributed by atoms with Crippen molar-refractivity contribution in [2.75, 3.05) is 13.1 Å². The summed E-state index contributed by atoms with van der Waals surface area (Å²) < 4.78 is 0.615. The molecule has 0 unspecified atom stereocenters. The zero-order chi connectivity index (χ0) is 7.98. The van der Waals surface area contributed by atoms with Crippen LogP contribution >= 0.6 is 12.2 Å². The Labute approximate surface area is 103 Å². The van der Waals surface area contributed by atoms with Gasteiger partial charge in [-0.15, -0.1) is 0 Å². The van der Waals surface area contributed by atoms with Crippen LogP contribution in [0.4, 0.5) is 0 Å². The molecule has 0 bridgehead atoms. The topological polar surface area (TPSA) is 3.24 Å². The fourth-order valence-corrected chi connectivity index (χ4v) is 1.20. The molecule has 0 saturated carbocycles. The Morgan fingerprint density at radius 3 is 1.82 bits per heavy atom. The van der Waals surface area contributed by atoms with Gasteiger partial charge in [0.1, 0.15) is 0 Å². The van der Waals surface area contributed by atoms with Crippen LogP contribution in [0.1, 0.15) is 26.7 Å². The van der Waals surface area contributed by atoms with Crippen LogP contribution in [0.5, 0.6) is 0 Å². The Kier molecular flexibility index (Phi) is 12.2. The maximum absolute atomic E-state index is 4.89. The van der Waals surface area contributed by atoms with Gasteiger partial charge < -0.3 is 29.7 Å². The Morgan fingerprint density at radius 1 is 1.27 bits per heavy atom. The minimum Gasteiger partial charge on any atom is -0.411 e. The van der Waals surface area contributed by atoms with Gasteiger partial charge in [0, 0.05) is 13.1 Å².